The van der Waals surface area contributed by atoms with Crippen molar-refractivity contribution in [1.82, 2.24) is 15.1 Å². The number of methoxy groups -OCH3 is 3. The van der Waals surface area contributed by atoms with Crippen molar-refractivity contribution < 1.29 is 67.3 Å². The summed E-state index contributed by atoms with van der Waals surface area (Å²) >= 11 is 0. The number of carbonyl (C=O) groups is 5. The number of rotatable bonds is 23. The molecule has 1 heterocycles. The molecule has 17 atom stereocenters. The van der Waals surface area contributed by atoms with Crippen LogP contribution in [0.5, 0.6) is 0 Å². The fourth-order valence-corrected chi connectivity index (χ4v) is 9.24. The number of aliphatic hydroxyl groups is 2. The minimum absolute atomic E-state index is 0.104. The van der Waals surface area contributed by atoms with E-state index in [4.69, 9.17) is 33.2 Å². The average Bonchev–Trinajstić information content (AvgIpc) is 3.38. The van der Waals surface area contributed by atoms with Gasteiger partial charge in [-0.25, -0.2) is 4.79 Å². The molecule has 0 saturated carbocycles. The Kier molecular flexibility index (Phi) is 33.7. The summed E-state index contributed by atoms with van der Waals surface area (Å²) in [6.45, 7) is 18.7. The van der Waals surface area contributed by atoms with Crippen molar-refractivity contribution in [2.45, 2.75) is 182 Å². The van der Waals surface area contributed by atoms with E-state index in [1.54, 1.807) is 84.7 Å². The molecular weight excluding hydrogens is 963 g/mol. The number of nitrogens with zero attached hydrogens (tertiary/aromatic N) is 2. The highest BCUT2D eigenvalue weighted by atomic mass is 16.6. The number of nitrogens with one attached hydrogen (secondary N) is 1. The molecular formula is C58H99N3O14. The molecule has 0 aliphatic carbocycles. The molecule has 430 valence electrons. The molecule has 3 N–H and O–H groups in total. The topological polar surface area (TPSA) is 209 Å². The number of hydrogen-bond acceptors (Lipinski definition) is 16. The zero-order valence-electron chi connectivity index (χ0n) is 48.6. The predicted octanol–water partition coefficient (Wildman–Crippen LogP) is 7.39. The highest BCUT2D eigenvalue weighted by molar-refractivity contribution is 5.82. The Balaban J connectivity index is 3.68. The monoisotopic (exact) mass is 1060 g/mol. The summed E-state index contributed by atoms with van der Waals surface area (Å²) in [4.78, 5) is 67.2. The van der Waals surface area contributed by atoms with Crippen LogP contribution in [0, 0.1) is 41.4 Å². The van der Waals surface area contributed by atoms with Gasteiger partial charge >= 0.3 is 23.9 Å². The minimum atomic E-state index is -0.973. The highest BCUT2D eigenvalue weighted by Gasteiger charge is 2.37. The van der Waals surface area contributed by atoms with E-state index < -0.39 is 90.3 Å². The SMILES string of the molecule is CN[C@@H](COC)C(=O)OC1C/C=C/C=C/C(=O)O[C@H]([C@@H](C)[C@@H](O)[C@@H](C)CC[C@@H](OC(=O)[C@H](C)N(C)C)[C@H](C)[C@H](OC(C)=O)[C@H](C)/C=C/N(C)C=O)C/C=C/[C@H](OC)C[C@H](C)C/C=C(\C)[C@@H](OC)CC[C@@H](C)[C@@H](O)[C@@H]1C. The van der Waals surface area contributed by atoms with Gasteiger partial charge in [-0.1, -0.05) is 91.0 Å². The first-order valence-electron chi connectivity index (χ1n) is 26.9. The molecule has 0 aromatic carbocycles. The summed E-state index contributed by atoms with van der Waals surface area (Å²) in [5.41, 5.74) is 1.10. The lowest BCUT2D eigenvalue weighted by Crippen LogP contribution is -2.44. The number of hydrogen-bond donors (Lipinski definition) is 3. The summed E-state index contributed by atoms with van der Waals surface area (Å²) in [6, 6.07) is -1.28. The fraction of sp³-hybridized carbons (Fsp3) is 0.741. The van der Waals surface area contributed by atoms with Crippen molar-refractivity contribution in [2.24, 2.45) is 41.4 Å². The van der Waals surface area contributed by atoms with Gasteiger partial charge in [0.15, 0.2) is 0 Å². The number of aliphatic hydroxyl groups excluding tert-OH is 2. The van der Waals surface area contributed by atoms with Gasteiger partial charge in [-0.15, -0.1) is 0 Å². The summed E-state index contributed by atoms with van der Waals surface area (Å²) in [7, 11) is 11.7. The van der Waals surface area contributed by atoms with Crippen molar-refractivity contribution in [3.05, 3.63) is 60.4 Å². The lowest BCUT2D eigenvalue weighted by Gasteiger charge is -2.35. The highest BCUT2D eigenvalue weighted by Crippen LogP contribution is 2.32. The number of carbonyl (C=O) groups excluding carboxylic acids is 5. The van der Waals surface area contributed by atoms with Crippen LogP contribution in [0.3, 0.4) is 0 Å². The van der Waals surface area contributed by atoms with Crippen LogP contribution in [0.2, 0.25) is 0 Å². The van der Waals surface area contributed by atoms with Crippen LogP contribution >= 0.6 is 0 Å². The molecule has 0 fully saturated rings. The molecule has 0 aromatic rings. The second kappa shape index (κ2) is 36.7. The van der Waals surface area contributed by atoms with E-state index in [0.717, 1.165) is 18.4 Å². The lowest BCUT2D eigenvalue weighted by molar-refractivity contribution is -0.166. The second-order valence-corrected chi connectivity index (χ2v) is 21.3. The number of ether oxygens (including phenoxy) is 7. The molecule has 1 aliphatic heterocycles. The summed E-state index contributed by atoms with van der Waals surface area (Å²) in [5, 5.41) is 26.6. The van der Waals surface area contributed by atoms with Crippen LogP contribution in [-0.2, 0) is 57.1 Å². The summed E-state index contributed by atoms with van der Waals surface area (Å²) < 4.78 is 41.2. The molecule has 17 nitrogen and oxygen atoms in total. The molecule has 1 aliphatic rings. The van der Waals surface area contributed by atoms with Crippen LogP contribution in [0.1, 0.15) is 121 Å². The van der Waals surface area contributed by atoms with Gasteiger partial charge in [0.25, 0.3) is 0 Å². The van der Waals surface area contributed by atoms with Crippen LogP contribution in [0.4, 0.5) is 0 Å². The van der Waals surface area contributed by atoms with Crippen molar-refractivity contribution >= 4 is 30.3 Å². The average molecular weight is 1060 g/mol. The summed E-state index contributed by atoms with van der Waals surface area (Å²) in [5.74, 6) is -4.24. The van der Waals surface area contributed by atoms with Gasteiger partial charge in [0, 0.05) is 84.1 Å². The van der Waals surface area contributed by atoms with Crippen LogP contribution in [-0.4, -0.2) is 167 Å². The third-order valence-corrected chi connectivity index (χ3v) is 14.9. The van der Waals surface area contributed by atoms with Gasteiger partial charge in [0.05, 0.1) is 31.0 Å². The van der Waals surface area contributed by atoms with E-state index >= 15 is 0 Å². The first-order chi connectivity index (χ1) is 35.4. The maximum absolute atomic E-state index is 13.6. The Morgan fingerprint density at radius 2 is 1.60 bits per heavy atom. The van der Waals surface area contributed by atoms with Gasteiger partial charge < -0.3 is 53.6 Å². The Morgan fingerprint density at radius 1 is 0.920 bits per heavy atom. The normalized spacial score (nSPS) is 28.7. The Labute approximate surface area is 450 Å². The Bertz CT molecular complexity index is 1840. The van der Waals surface area contributed by atoms with E-state index in [-0.39, 0.29) is 55.3 Å². The number of amides is 1. The number of likely N-dealkylation sites (N-methyl/N-ethyl adjacent to an activating group) is 2. The third kappa shape index (κ3) is 25.2. The zero-order chi connectivity index (χ0) is 56.9. The maximum Gasteiger partial charge on any atom is 0.331 e. The van der Waals surface area contributed by atoms with Crippen molar-refractivity contribution in [2.75, 3.05) is 56.1 Å². The van der Waals surface area contributed by atoms with Crippen LogP contribution in [0.25, 0.3) is 0 Å². The lowest BCUT2D eigenvalue weighted by atomic mass is 9.82. The Morgan fingerprint density at radius 3 is 2.19 bits per heavy atom. The molecule has 0 aromatic heterocycles. The number of cyclic esters (lactones) is 1. The molecule has 1 unspecified atom stereocenters. The minimum Gasteiger partial charge on any atom is -0.462 e. The molecule has 1 rings (SSSR count). The fourth-order valence-electron chi connectivity index (χ4n) is 9.24. The molecule has 75 heavy (non-hydrogen) atoms. The van der Waals surface area contributed by atoms with Crippen LogP contribution in [0.15, 0.2) is 60.4 Å². The smallest absolute Gasteiger partial charge is 0.331 e. The molecule has 0 radical (unpaired) electrons. The zero-order valence-corrected chi connectivity index (χ0v) is 48.6. The van der Waals surface area contributed by atoms with E-state index in [0.29, 0.717) is 32.1 Å². The van der Waals surface area contributed by atoms with E-state index in [9.17, 15) is 34.2 Å². The van der Waals surface area contributed by atoms with Crippen molar-refractivity contribution in [3.63, 3.8) is 0 Å². The van der Waals surface area contributed by atoms with Crippen molar-refractivity contribution in [1.29, 1.82) is 0 Å². The molecule has 0 saturated heterocycles. The molecule has 1 amide bonds. The third-order valence-electron chi connectivity index (χ3n) is 14.9. The van der Waals surface area contributed by atoms with Crippen molar-refractivity contribution in [3.8, 4) is 0 Å². The van der Waals surface area contributed by atoms with Crippen LogP contribution < -0.4 is 5.32 Å². The van der Waals surface area contributed by atoms with Gasteiger partial charge in [-0.05, 0) is 96.8 Å². The van der Waals surface area contributed by atoms with E-state index in [2.05, 4.69) is 25.2 Å². The van der Waals surface area contributed by atoms with E-state index in [1.165, 1.54) is 25.0 Å². The number of esters is 4. The molecule has 0 bridgehead atoms. The molecule has 0 spiro atoms. The van der Waals surface area contributed by atoms with E-state index in [1.807, 2.05) is 53.7 Å². The standard InChI is InChI=1S/C58H99N3O14/c1-37-26-27-38(2)49(71-17)30-28-39(3)55(66)43(7)51(75-58(68)48(59-11)35-69-15)23-19-18-20-25-53(64)73-50(24-21-22-47(34-37)70-16)42(6)54(65)40(4)29-31-52(74-57(67)45(9)60(12)13)44(8)56(72-46(10)63)41(5)32-33-61(14)36-62/h18-22,25,27,32-33,36-37,39-45,47-52,54-56,59,65-66H,23-24,26,28-31,34-35H2,1-17H3/b19-18+,22-21+,25-20+,33-32+,38-27+/t37-,39-,40+,41-,42-,43-,44+,45+,47+,48+,49+,50+,51?,52-,54+,55-,56-/m1/s1. The quantitative estimate of drug-likeness (QED) is 0.0394. The predicted molar refractivity (Wildman–Crippen MR) is 292 cm³/mol. The van der Waals surface area contributed by atoms with Gasteiger partial charge in [-0.3, -0.25) is 24.1 Å². The van der Waals surface area contributed by atoms with Gasteiger partial charge in [0.1, 0.15) is 36.5 Å². The number of allylic oxidation sites excluding steroid dienone is 3. The van der Waals surface area contributed by atoms with Gasteiger partial charge in [-0.2, -0.15) is 0 Å². The van der Waals surface area contributed by atoms with Gasteiger partial charge in [0.2, 0.25) is 6.41 Å². The maximum atomic E-state index is 13.6. The first-order valence-corrected chi connectivity index (χ1v) is 26.9. The Hall–Kier alpha value is -4.23. The second-order valence-electron chi connectivity index (χ2n) is 21.3. The first kappa shape index (κ1) is 68.8. The summed E-state index contributed by atoms with van der Waals surface area (Å²) in [6.07, 6.45) is 15.5. The largest absolute Gasteiger partial charge is 0.462 e. The molecule has 17 heteroatoms.